The van der Waals surface area contributed by atoms with Crippen molar-refractivity contribution in [2.75, 3.05) is 18.4 Å². The Bertz CT molecular complexity index is 983. The highest BCUT2D eigenvalue weighted by Gasteiger charge is 2.31. The molecule has 3 N–H and O–H groups in total. The Morgan fingerprint density at radius 1 is 1.03 bits per heavy atom. The van der Waals surface area contributed by atoms with E-state index in [-0.39, 0.29) is 17.6 Å². The number of amides is 2. The lowest BCUT2D eigenvalue weighted by Crippen LogP contribution is -2.41. The van der Waals surface area contributed by atoms with Crippen LogP contribution in [-0.2, 0) is 20.6 Å². The van der Waals surface area contributed by atoms with Crippen molar-refractivity contribution in [2.45, 2.75) is 18.6 Å². The topological polar surface area (TPSA) is 110 Å². The van der Waals surface area contributed by atoms with E-state index in [1.807, 2.05) is 12.1 Å². The number of halogens is 1. The lowest BCUT2D eigenvalue weighted by molar-refractivity contribution is -0.120. The Balaban J connectivity index is 1.54. The molecule has 1 saturated heterocycles. The first-order valence-corrected chi connectivity index (χ1v) is 11.6. The first kappa shape index (κ1) is 21.5. The molecular formula is C20H22BrN3O4S. The zero-order valence-corrected chi connectivity index (χ0v) is 18.1. The lowest BCUT2D eigenvalue weighted by atomic mass is 9.97. The highest BCUT2D eigenvalue weighted by atomic mass is 79.9. The maximum Gasteiger partial charge on any atom is 0.248 e. The smallest absolute Gasteiger partial charge is 0.248 e. The van der Waals surface area contributed by atoms with Crippen LogP contribution in [0.2, 0.25) is 0 Å². The summed E-state index contributed by atoms with van der Waals surface area (Å²) in [5.74, 6) is -0.991. The Morgan fingerprint density at radius 2 is 1.62 bits per heavy atom. The standard InChI is InChI=1S/C20H22BrN3O4S/c21-17-5-1-14(2-6-17)13-29(27,28)24-11-9-16(10-12-24)20(26)23-18-7-3-15(4-8-18)19(22)25/h1-8,16H,9-13H2,(H2,22,25)(H,23,26). The SMILES string of the molecule is NC(=O)c1ccc(NC(=O)C2CCN(S(=O)(=O)Cc3ccc(Br)cc3)CC2)cc1. The minimum Gasteiger partial charge on any atom is -0.366 e. The number of rotatable bonds is 6. The summed E-state index contributed by atoms with van der Waals surface area (Å²) < 4.78 is 27.7. The molecule has 1 aliphatic rings. The number of primary amides is 1. The van der Waals surface area contributed by atoms with Gasteiger partial charge in [0, 0.05) is 34.7 Å². The molecule has 0 radical (unpaired) electrons. The van der Waals surface area contributed by atoms with Crippen molar-refractivity contribution in [3.8, 4) is 0 Å². The molecule has 29 heavy (non-hydrogen) atoms. The number of benzene rings is 2. The summed E-state index contributed by atoms with van der Waals surface area (Å²) in [5.41, 5.74) is 6.87. The van der Waals surface area contributed by atoms with Crippen molar-refractivity contribution in [1.29, 1.82) is 0 Å². The first-order valence-electron chi connectivity index (χ1n) is 9.17. The van der Waals surface area contributed by atoms with Crippen molar-refractivity contribution < 1.29 is 18.0 Å². The molecule has 0 bridgehead atoms. The van der Waals surface area contributed by atoms with Gasteiger partial charge in [0.2, 0.25) is 21.8 Å². The number of carbonyl (C=O) groups excluding carboxylic acids is 2. The highest BCUT2D eigenvalue weighted by Crippen LogP contribution is 2.23. The second kappa shape index (κ2) is 9.06. The van der Waals surface area contributed by atoms with Gasteiger partial charge in [-0.25, -0.2) is 12.7 Å². The van der Waals surface area contributed by atoms with E-state index in [2.05, 4.69) is 21.2 Å². The predicted molar refractivity (Wildman–Crippen MR) is 115 cm³/mol. The summed E-state index contributed by atoms with van der Waals surface area (Å²) in [6.07, 6.45) is 0.926. The molecule has 0 atom stereocenters. The first-order chi connectivity index (χ1) is 13.7. The van der Waals surface area contributed by atoms with Crippen molar-refractivity contribution in [1.82, 2.24) is 4.31 Å². The van der Waals surface area contributed by atoms with Gasteiger partial charge in [-0.3, -0.25) is 9.59 Å². The van der Waals surface area contributed by atoms with Crippen LogP contribution in [0.1, 0.15) is 28.8 Å². The third-order valence-electron chi connectivity index (χ3n) is 4.92. The van der Waals surface area contributed by atoms with E-state index in [4.69, 9.17) is 5.73 Å². The molecule has 0 aromatic heterocycles. The van der Waals surface area contributed by atoms with Crippen molar-refractivity contribution >= 4 is 43.5 Å². The van der Waals surface area contributed by atoms with E-state index >= 15 is 0 Å². The minimum absolute atomic E-state index is 0.0522. The second-order valence-corrected chi connectivity index (χ2v) is 9.87. The number of nitrogens with one attached hydrogen (secondary N) is 1. The van der Waals surface area contributed by atoms with Gasteiger partial charge >= 0.3 is 0 Å². The number of piperidine rings is 1. The van der Waals surface area contributed by atoms with E-state index < -0.39 is 15.9 Å². The zero-order chi connectivity index (χ0) is 21.0. The molecule has 9 heteroatoms. The molecule has 7 nitrogen and oxygen atoms in total. The van der Waals surface area contributed by atoms with Gasteiger partial charge in [0.25, 0.3) is 0 Å². The number of sulfonamides is 1. The molecule has 1 aliphatic heterocycles. The summed E-state index contributed by atoms with van der Waals surface area (Å²) in [4.78, 5) is 23.6. The highest BCUT2D eigenvalue weighted by molar-refractivity contribution is 9.10. The maximum atomic E-state index is 12.7. The maximum absolute atomic E-state index is 12.7. The van der Waals surface area contributed by atoms with Gasteiger partial charge in [-0.15, -0.1) is 0 Å². The van der Waals surface area contributed by atoms with Gasteiger partial charge in [-0.1, -0.05) is 28.1 Å². The molecule has 3 rings (SSSR count). The van der Waals surface area contributed by atoms with Gasteiger partial charge in [0.15, 0.2) is 0 Å². The van der Waals surface area contributed by atoms with Crippen LogP contribution in [0, 0.1) is 5.92 Å². The van der Waals surface area contributed by atoms with Crippen molar-refractivity contribution in [3.63, 3.8) is 0 Å². The van der Waals surface area contributed by atoms with Gasteiger partial charge in [0.1, 0.15) is 0 Å². The fourth-order valence-corrected chi connectivity index (χ4v) is 5.07. The van der Waals surface area contributed by atoms with E-state index in [1.165, 1.54) is 4.31 Å². The third kappa shape index (κ3) is 5.65. The van der Waals surface area contributed by atoms with Gasteiger partial charge < -0.3 is 11.1 Å². The average molecular weight is 480 g/mol. The summed E-state index contributed by atoms with van der Waals surface area (Å²) in [6, 6.07) is 13.5. The molecule has 2 amide bonds. The van der Waals surface area contributed by atoms with Crippen LogP contribution >= 0.6 is 15.9 Å². The molecule has 2 aromatic rings. The molecular weight excluding hydrogens is 458 g/mol. The molecule has 0 unspecified atom stereocenters. The molecule has 1 heterocycles. The third-order valence-corrected chi connectivity index (χ3v) is 7.30. The van der Waals surface area contributed by atoms with Gasteiger partial charge in [0.05, 0.1) is 5.75 Å². The summed E-state index contributed by atoms with van der Waals surface area (Å²) in [7, 11) is -3.43. The molecule has 154 valence electrons. The van der Waals surface area contributed by atoms with Gasteiger partial charge in [-0.05, 0) is 54.8 Å². The number of nitrogens with two attached hydrogens (primary N) is 1. The molecule has 1 fully saturated rings. The largest absolute Gasteiger partial charge is 0.366 e. The predicted octanol–water partition coefficient (Wildman–Crippen LogP) is 2.73. The van der Waals surface area contributed by atoms with E-state index in [1.54, 1.807) is 36.4 Å². The molecule has 0 aliphatic carbocycles. The van der Waals surface area contributed by atoms with Crippen LogP contribution in [0.15, 0.2) is 53.0 Å². The van der Waals surface area contributed by atoms with Crippen molar-refractivity contribution in [3.05, 3.63) is 64.1 Å². The minimum atomic E-state index is -3.43. The van der Waals surface area contributed by atoms with Crippen LogP contribution in [0.5, 0.6) is 0 Å². The monoisotopic (exact) mass is 479 g/mol. The average Bonchev–Trinajstić information content (AvgIpc) is 2.70. The number of hydrogen-bond donors (Lipinski definition) is 2. The van der Waals surface area contributed by atoms with Gasteiger partial charge in [-0.2, -0.15) is 0 Å². The normalized spacial score (nSPS) is 15.8. The number of nitrogens with zero attached hydrogens (tertiary/aromatic N) is 1. The number of carbonyl (C=O) groups is 2. The van der Waals surface area contributed by atoms with Crippen LogP contribution in [0.3, 0.4) is 0 Å². The second-order valence-electron chi connectivity index (χ2n) is 6.99. The Hall–Kier alpha value is -2.23. The Labute approximate surface area is 178 Å². The quantitative estimate of drug-likeness (QED) is 0.663. The summed E-state index contributed by atoms with van der Waals surface area (Å²) >= 11 is 3.34. The van der Waals surface area contributed by atoms with Crippen LogP contribution < -0.4 is 11.1 Å². The molecule has 2 aromatic carbocycles. The van der Waals surface area contributed by atoms with E-state index in [0.29, 0.717) is 37.2 Å². The lowest BCUT2D eigenvalue weighted by Gasteiger charge is -2.30. The summed E-state index contributed by atoms with van der Waals surface area (Å²) in [5, 5.41) is 2.81. The van der Waals surface area contributed by atoms with Crippen LogP contribution in [0.25, 0.3) is 0 Å². The molecule has 0 saturated carbocycles. The van der Waals surface area contributed by atoms with Crippen molar-refractivity contribution in [2.24, 2.45) is 11.7 Å². The van der Waals surface area contributed by atoms with Crippen LogP contribution in [0.4, 0.5) is 5.69 Å². The Kier molecular flexibility index (Phi) is 6.71. The number of anilines is 1. The number of hydrogen-bond acceptors (Lipinski definition) is 4. The Morgan fingerprint density at radius 3 is 2.17 bits per heavy atom. The van der Waals surface area contributed by atoms with E-state index in [0.717, 1.165) is 10.0 Å². The molecule has 0 spiro atoms. The fraction of sp³-hybridized carbons (Fsp3) is 0.300. The fourth-order valence-electron chi connectivity index (χ4n) is 3.24. The van der Waals surface area contributed by atoms with E-state index in [9.17, 15) is 18.0 Å². The summed E-state index contributed by atoms with van der Waals surface area (Å²) in [6.45, 7) is 0.634. The zero-order valence-electron chi connectivity index (χ0n) is 15.7. The van der Waals surface area contributed by atoms with Crippen LogP contribution in [-0.4, -0.2) is 37.6 Å².